The van der Waals surface area contributed by atoms with Gasteiger partial charge in [-0.3, -0.25) is 0 Å². The highest BCUT2D eigenvalue weighted by atomic mass is 14.8. The van der Waals surface area contributed by atoms with Crippen molar-refractivity contribution in [2.24, 2.45) is 5.92 Å². The summed E-state index contributed by atoms with van der Waals surface area (Å²) in [6, 6.07) is 0. The first-order valence-electron chi connectivity index (χ1n) is 6.02. The van der Waals surface area contributed by atoms with Gasteiger partial charge in [-0.25, -0.2) is 0 Å². The van der Waals surface area contributed by atoms with Gasteiger partial charge in [0.05, 0.1) is 0 Å². The molecule has 0 saturated carbocycles. The van der Waals surface area contributed by atoms with Crippen molar-refractivity contribution in [3.63, 3.8) is 0 Å². The molecule has 1 heteroatoms. The molecule has 1 unspecified atom stereocenters. The first kappa shape index (κ1) is 18.7. The molecule has 1 N–H and O–H groups in total. The van der Waals surface area contributed by atoms with E-state index < -0.39 is 0 Å². The predicted molar refractivity (Wildman–Crippen MR) is 65.3 cm³/mol. The maximum absolute atomic E-state index is 3.31. The van der Waals surface area contributed by atoms with Crippen LogP contribution >= 0.6 is 0 Å². The molecule has 0 amide bonds. The molecule has 0 spiro atoms. The van der Waals surface area contributed by atoms with Gasteiger partial charge in [-0.2, -0.15) is 0 Å². The molecule has 13 heavy (non-hydrogen) atoms. The predicted octanol–water partition coefficient (Wildman–Crippen LogP) is 4.08. The van der Waals surface area contributed by atoms with Gasteiger partial charge >= 0.3 is 0 Å². The van der Waals surface area contributed by atoms with E-state index in [0.29, 0.717) is 0 Å². The van der Waals surface area contributed by atoms with Crippen molar-refractivity contribution in [1.29, 1.82) is 0 Å². The molecule has 0 aromatic rings. The Labute approximate surface area is 86.3 Å². The molecule has 84 valence electrons. The maximum atomic E-state index is 3.31. The van der Waals surface area contributed by atoms with Crippen LogP contribution in [-0.2, 0) is 0 Å². The fraction of sp³-hybridized carbons (Fsp3) is 1.00. The van der Waals surface area contributed by atoms with Crippen molar-refractivity contribution < 1.29 is 0 Å². The Morgan fingerprint density at radius 2 is 1.46 bits per heavy atom. The molecule has 0 aromatic carbocycles. The third kappa shape index (κ3) is 24.5. The largest absolute Gasteiger partial charge is 0.317 e. The van der Waals surface area contributed by atoms with E-state index in [9.17, 15) is 0 Å². The Hall–Kier alpha value is -0.0400. The number of hydrogen-bond acceptors (Lipinski definition) is 1. The summed E-state index contributed by atoms with van der Waals surface area (Å²) in [6.45, 7) is 17.0. The summed E-state index contributed by atoms with van der Waals surface area (Å²) in [5.41, 5.74) is 0. The van der Waals surface area contributed by atoms with E-state index in [4.69, 9.17) is 0 Å². The number of hydrogen-bond donors (Lipinski definition) is 1. The molecule has 0 radical (unpaired) electrons. The molecule has 0 fully saturated rings. The molecule has 0 aromatic heterocycles. The normalized spacial score (nSPS) is 10.4. The van der Waals surface area contributed by atoms with Crippen LogP contribution in [0.1, 0.15) is 61.3 Å². The molecule has 0 heterocycles. The minimum Gasteiger partial charge on any atom is -0.317 e. The van der Waals surface area contributed by atoms with Gasteiger partial charge in [0.1, 0.15) is 0 Å². The van der Waals surface area contributed by atoms with Gasteiger partial charge in [0.25, 0.3) is 0 Å². The molecule has 0 aliphatic rings. The van der Waals surface area contributed by atoms with Gasteiger partial charge in [0.15, 0.2) is 0 Å². The summed E-state index contributed by atoms with van der Waals surface area (Å²) in [6.07, 6.45) is 2.63. The van der Waals surface area contributed by atoms with Crippen molar-refractivity contribution in [3.05, 3.63) is 0 Å². The molecule has 0 aliphatic carbocycles. The second-order valence-electron chi connectivity index (χ2n) is 2.66. The molecule has 0 bridgehead atoms. The fourth-order valence-corrected chi connectivity index (χ4v) is 0.729. The molecular formula is C12H31N. The van der Waals surface area contributed by atoms with E-state index in [1.54, 1.807) is 0 Å². The Balaban J connectivity index is -0.000000218. The van der Waals surface area contributed by atoms with Crippen molar-refractivity contribution in [3.8, 4) is 0 Å². The van der Waals surface area contributed by atoms with Crippen LogP contribution < -0.4 is 5.32 Å². The van der Waals surface area contributed by atoms with Crippen LogP contribution in [-0.4, -0.2) is 13.1 Å². The minimum absolute atomic E-state index is 0.893. The fourth-order valence-electron chi connectivity index (χ4n) is 0.729. The lowest BCUT2D eigenvalue weighted by molar-refractivity contribution is 0.493. The molecule has 1 nitrogen and oxygen atoms in total. The lowest BCUT2D eigenvalue weighted by Crippen LogP contribution is -2.16. The summed E-state index contributed by atoms with van der Waals surface area (Å²) < 4.78 is 0. The standard InChI is InChI=1S/C8H19N.2C2H6/c1-4-8(3)6-7-9-5-2;2*1-2/h8-9H,4-7H2,1-3H3;2*1-2H3. The summed E-state index contributed by atoms with van der Waals surface area (Å²) >= 11 is 0. The number of rotatable bonds is 5. The summed E-state index contributed by atoms with van der Waals surface area (Å²) in [7, 11) is 0. The highest BCUT2D eigenvalue weighted by molar-refractivity contribution is 4.51. The number of nitrogens with one attached hydrogen (secondary N) is 1. The van der Waals surface area contributed by atoms with Crippen LogP contribution in [0.15, 0.2) is 0 Å². The van der Waals surface area contributed by atoms with Crippen LogP contribution in [0.4, 0.5) is 0 Å². The van der Waals surface area contributed by atoms with Crippen LogP contribution in [0, 0.1) is 5.92 Å². The van der Waals surface area contributed by atoms with Gasteiger partial charge in [-0.1, -0.05) is 54.9 Å². The third-order valence-corrected chi connectivity index (χ3v) is 1.76. The van der Waals surface area contributed by atoms with E-state index in [1.165, 1.54) is 19.4 Å². The van der Waals surface area contributed by atoms with Crippen LogP contribution in [0.3, 0.4) is 0 Å². The first-order valence-corrected chi connectivity index (χ1v) is 6.02. The summed E-state index contributed by atoms with van der Waals surface area (Å²) in [5, 5.41) is 3.31. The van der Waals surface area contributed by atoms with E-state index >= 15 is 0 Å². The zero-order valence-electron chi connectivity index (χ0n) is 10.9. The van der Waals surface area contributed by atoms with Crippen molar-refractivity contribution in [2.75, 3.05) is 13.1 Å². The second-order valence-corrected chi connectivity index (χ2v) is 2.66. The van der Waals surface area contributed by atoms with Gasteiger partial charge in [0.2, 0.25) is 0 Å². The van der Waals surface area contributed by atoms with Crippen molar-refractivity contribution in [2.45, 2.75) is 61.3 Å². The van der Waals surface area contributed by atoms with Gasteiger partial charge in [-0.05, 0) is 25.4 Å². The monoisotopic (exact) mass is 189 g/mol. The average molecular weight is 189 g/mol. The quantitative estimate of drug-likeness (QED) is 0.642. The van der Waals surface area contributed by atoms with Gasteiger partial charge < -0.3 is 5.32 Å². The lowest BCUT2D eigenvalue weighted by atomic mass is 10.1. The van der Waals surface area contributed by atoms with E-state index in [0.717, 1.165) is 12.5 Å². The molecule has 1 atom stereocenters. The van der Waals surface area contributed by atoms with Crippen LogP contribution in [0.5, 0.6) is 0 Å². The molecule has 0 aliphatic heterocycles. The summed E-state index contributed by atoms with van der Waals surface area (Å²) in [5.74, 6) is 0.893. The Morgan fingerprint density at radius 3 is 1.77 bits per heavy atom. The van der Waals surface area contributed by atoms with E-state index in [-0.39, 0.29) is 0 Å². The topological polar surface area (TPSA) is 12.0 Å². The van der Waals surface area contributed by atoms with Crippen molar-refractivity contribution in [1.82, 2.24) is 5.32 Å². The Bertz CT molecular complexity index is 53.1. The molecular weight excluding hydrogens is 158 g/mol. The van der Waals surface area contributed by atoms with Gasteiger partial charge in [-0.15, -0.1) is 0 Å². The third-order valence-electron chi connectivity index (χ3n) is 1.76. The van der Waals surface area contributed by atoms with E-state index in [1.807, 2.05) is 27.7 Å². The maximum Gasteiger partial charge on any atom is -0.00465 e. The zero-order valence-corrected chi connectivity index (χ0v) is 10.9. The Kier molecular flexibility index (Phi) is 32.6. The minimum atomic E-state index is 0.893. The lowest BCUT2D eigenvalue weighted by Gasteiger charge is -2.06. The Morgan fingerprint density at radius 1 is 1.00 bits per heavy atom. The molecule has 0 saturated heterocycles. The highest BCUT2D eigenvalue weighted by Gasteiger charge is 1.95. The zero-order chi connectivity index (χ0) is 11.1. The second kappa shape index (κ2) is 22.7. The average Bonchev–Trinajstić information content (AvgIpc) is 2.24. The van der Waals surface area contributed by atoms with Gasteiger partial charge in [0, 0.05) is 0 Å². The molecule has 0 rings (SSSR count). The van der Waals surface area contributed by atoms with Crippen LogP contribution in [0.25, 0.3) is 0 Å². The van der Waals surface area contributed by atoms with E-state index in [2.05, 4.69) is 26.1 Å². The van der Waals surface area contributed by atoms with Crippen molar-refractivity contribution >= 4 is 0 Å². The van der Waals surface area contributed by atoms with Crippen LogP contribution in [0.2, 0.25) is 0 Å². The smallest absolute Gasteiger partial charge is 0.00465 e. The highest BCUT2D eigenvalue weighted by Crippen LogP contribution is 2.03. The first-order chi connectivity index (χ1) is 6.31. The SMILES string of the molecule is CC.CC.CCNCCC(C)CC. The summed E-state index contributed by atoms with van der Waals surface area (Å²) in [4.78, 5) is 0.